The van der Waals surface area contributed by atoms with Gasteiger partial charge in [-0.15, -0.1) is 0 Å². The van der Waals surface area contributed by atoms with E-state index in [1.165, 1.54) is 50.2 Å². The Morgan fingerprint density at radius 3 is 2.75 bits per heavy atom. The average Bonchev–Trinajstić information content (AvgIpc) is 2.98. The third-order valence-electron chi connectivity index (χ3n) is 4.94. The molecular weight excluding hydrogens is 248 g/mol. The minimum absolute atomic E-state index is 0.220. The molecule has 1 aliphatic heterocycles. The highest BCUT2D eigenvalue weighted by Gasteiger charge is 2.33. The quantitative estimate of drug-likeness (QED) is 0.916. The molecule has 0 saturated carbocycles. The molecule has 0 bridgehead atoms. The molecule has 1 N–H and O–H groups in total. The summed E-state index contributed by atoms with van der Waals surface area (Å²) >= 11 is 0. The van der Waals surface area contributed by atoms with Crippen LogP contribution in [-0.2, 0) is 13.0 Å². The van der Waals surface area contributed by atoms with Gasteiger partial charge in [0.1, 0.15) is 0 Å². The Morgan fingerprint density at radius 2 is 2.00 bits per heavy atom. The van der Waals surface area contributed by atoms with Crippen molar-refractivity contribution in [2.24, 2.45) is 5.41 Å². The van der Waals surface area contributed by atoms with E-state index in [4.69, 9.17) is 0 Å². The van der Waals surface area contributed by atoms with Gasteiger partial charge in [0, 0.05) is 24.0 Å². The van der Waals surface area contributed by atoms with E-state index >= 15 is 0 Å². The van der Waals surface area contributed by atoms with Gasteiger partial charge >= 0.3 is 0 Å². The Bertz CT molecular complexity index is 458. The topological polar surface area (TPSA) is 28.4 Å². The molecule has 2 heterocycles. The Labute approximate surface area is 122 Å². The minimum Gasteiger partial charge on any atom is -0.388 e. The molecule has 1 fully saturated rings. The summed E-state index contributed by atoms with van der Waals surface area (Å²) in [4.78, 5) is 2.58. The maximum atomic E-state index is 10.3. The fraction of sp³-hybridized carbons (Fsp3) is 0.765. The second kappa shape index (κ2) is 5.53. The number of aromatic nitrogens is 1. The molecule has 0 amide bonds. The summed E-state index contributed by atoms with van der Waals surface area (Å²) in [6.07, 6.45) is 7.86. The van der Waals surface area contributed by atoms with Crippen molar-refractivity contribution in [1.29, 1.82) is 0 Å². The van der Waals surface area contributed by atoms with E-state index in [0.717, 1.165) is 19.4 Å². The van der Waals surface area contributed by atoms with Gasteiger partial charge in [-0.25, -0.2) is 0 Å². The van der Waals surface area contributed by atoms with Crippen LogP contribution in [0.4, 0.5) is 0 Å². The Balaban J connectivity index is 1.63. The molecule has 112 valence electrons. The first kappa shape index (κ1) is 14.2. The molecule has 2 aliphatic rings. The van der Waals surface area contributed by atoms with Crippen molar-refractivity contribution in [3.05, 3.63) is 23.5 Å². The third-order valence-corrected chi connectivity index (χ3v) is 4.94. The van der Waals surface area contributed by atoms with Gasteiger partial charge in [-0.3, -0.25) is 0 Å². The van der Waals surface area contributed by atoms with E-state index in [0.29, 0.717) is 0 Å². The van der Waals surface area contributed by atoms with Gasteiger partial charge in [0.2, 0.25) is 0 Å². The van der Waals surface area contributed by atoms with Gasteiger partial charge in [-0.2, -0.15) is 0 Å². The lowest BCUT2D eigenvalue weighted by atomic mass is 9.75. The number of fused-ring (bicyclic) bond motifs is 1. The van der Waals surface area contributed by atoms with Crippen molar-refractivity contribution >= 4 is 0 Å². The summed E-state index contributed by atoms with van der Waals surface area (Å²) in [6, 6.07) is 2.13. The van der Waals surface area contributed by atoms with Gasteiger partial charge < -0.3 is 14.6 Å². The molecule has 3 heteroatoms. The molecule has 3 nitrogen and oxygen atoms in total. The molecule has 0 spiro atoms. The first-order valence-electron chi connectivity index (χ1n) is 8.13. The van der Waals surface area contributed by atoms with Gasteiger partial charge in [0.25, 0.3) is 0 Å². The molecule has 1 atom stereocenters. The zero-order valence-corrected chi connectivity index (χ0v) is 12.9. The van der Waals surface area contributed by atoms with Crippen LogP contribution in [0.25, 0.3) is 0 Å². The lowest BCUT2D eigenvalue weighted by Crippen LogP contribution is -2.27. The number of nitrogens with zero attached hydrogens (tertiary/aromatic N) is 2. The van der Waals surface area contributed by atoms with Crippen molar-refractivity contribution in [1.82, 2.24) is 9.47 Å². The fourth-order valence-electron chi connectivity index (χ4n) is 3.87. The molecule has 1 aromatic heterocycles. The molecule has 20 heavy (non-hydrogen) atoms. The van der Waals surface area contributed by atoms with Crippen LogP contribution in [0.5, 0.6) is 0 Å². The zero-order chi connectivity index (χ0) is 14.2. The van der Waals surface area contributed by atoms with E-state index in [2.05, 4.69) is 35.6 Å². The summed E-state index contributed by atoms with van der Waals surface area (Å²) < 4.78 is 2.38. The predicted octanol–water partition coefficient (Wildman–Crippen LogP) is 2.98. The van der Waals surface area contributed by atoms with E-state index in [1.807, 2.05) is 0 Å². The summed E-state index contributed by atoms with van der Waals surface area (Å²) in [5.74, 6) is 0. The van der Waals surface area contributed by atoms with Crippen LogP contribution in [0.2, 0.25) is 0 Å². The summed E-state index contributed by atoms with van der Waals surface area (Å²) in [7, 11) is 0. The lowest BCUT2D eigenvalue weighted by Gasteiger charge is -2.34. The summed E-state index contributed by atoms with van der Waals surface area (Å²) in [5.41, 5.74) is 2.76. The number of likely N-dealkylation sites (tertiary alicyclic amines) is 1. The first-order valence-corrected chi connectivity index (χ1v) is 8.13. The predicted molar refractivity (Wildman–Crippen MR) is 81.8 cm³/mol. The van der Waals surface area contributed by atoms with E-state index in [9.17, 15) is 5.11 Å². The Morgan fingerprint density at radius 1 is 1.25 bits per heavy atom. The number of aliphatic hydroxyl groups excluding tert-OH is 1. The standard InChI is InChI=1S/C17H28N2O/c1-17(2)12-15-14(16(20)13-17)6-11-19(15)10-5-9-18-7-3-4-8-18/h6,11,16,20H,3-5,7-10,12-13H2,1-2H3. The molecule has 1 aromatic rings. The normalized spacial score (nSPS) is 25.9. The number of hydrogen-bond acceptors (Lipinski definition) is 2. The lowest BCUT2D eigenvalue weighted by molar-refractivity contribution is 0.0979. The zero-order valence-electron chi connectivity index (χ0n) is 12.9. The highest BCUT2D eigenvalue weighted by Crippen LogP contribution is 2.41. The summed E-state index contributed by atoms with van der Waals surface area (Å²) in [5, 5.41) is 10.3. The van der Waals surface area contributed by atoms with Gasteiger partial charge in [-0.05, 0) is 63.2 Å². The van der Waals surface area contributed by atoms with Crippen LogP contribution in [0.15, 0.2) is 12.3 Å². The SMILES string of the molecule is CC1(C)Cc2c(ccn2CCCN2CCCC2)C(O)C1. The van der Waals surface area contributed by atoms with E-state index in [-0.39, 0.29) is 11.5 Å². The highest BCUT2D eigenvalue weighted by molar-refractivity contribution is 5.29. The average molecular weight is 276 g/mol. The molecule has 1 unspecified atom stereocenters. The van der Waals surface area contributed by atoms with Crippen molar-refractivity contribution in [2.75, 3.05) is 19.6 Å². The fourth-order valence-corrected chi connectivity index (χ4v) is 3.87. The molecule has 0 radical (unpaired) electrons. The minimum atomic E-state index is -0.270. The number of rotatable bonds is 4. The summed E-state index contributed by atoms with van der Waals surface area (Å²) in [6.45, 7) is 9.42. The molecular formula is C17H28N2O. The van der Waals surface area contributed by atoms with Gasteiger partial charge in [-0.1, -0.05) is 13.8 Å². The largest absolute Gasteiger partial charge is 0.388 e. The van der Waals surface area contributed by atoms with Crippen LogP contribution in [0, 0.1) is 5.41 Å². The second-order valence-corrected chi connectivity index (χ2v) is 7.37. The van der Waals surface area contributed by atoms with Crippen molar-refractivity contribution in [2.45, 2.75) is 58.6 Å². The first-order chi connectivity index (χ1) is 9.55. The van der Waals surface area contributed by atoms with Crippen LogP contribution in [-0.4, -0.2) is 34.2 Å². The maximum Gasteiger partial charge on any atom is 0.0812 e. The third kappa shape index (κ3) is 2.94. The second-order valence-electron chi connectivity index (χ2n) is 7.37. The number of aryl methyl sites for hydroxylation is 1. The van der Waals surface area contributed by atoms with Crippen molar-refractivity contribution < 1.29 is 5.11 Å². The Kier molecular flexibility index (Phi) is 3.91. The van der Waals surface area contributed by atoms with Crippen LogP contribution < -0.4 is 0 Å². The van der Waals surface area contributed by atoms with Crippen LogP contribution in [0.1, 0.15) is 56.9 Å². The molecule has 1 aliphatic carbocycles. The highest BCUT2D eigenvalue weighted by atomic mass is 16.3. The Hall–Kier alpha value is -0.800. The maximum absolute atomic E-state index is 10.3. The van der Waals surface area contributed by atoms with Crippen molar-refractivity contribution in [3.63, 3.8) is 0 Å². The number of hydrogen-bond donors (Lipinski definition) is 1. The van der Waals surface area contributed by atoms with E-state index < -0.39 is 0 Å². The molecule has 3 rings (SSSR count). The smallest absolute Gasteiger partial charge is 0.0812 e. The van der Waals surface area contributed by atoms with Crippen LogP contribution in [0.3, 0.4) is 0 Å². The molecule has 1 saturated heterocycles. The monoisotopic (exact) mass is 276 g/mol. The number of aliphatic hydroxyl groups is 1. The van der Waals surface area contributed by atoms with Gasteiger partial charge in [0.05, 0.1) is 6.10 Å². The molecule has 0 aromatic carbocycles. The van der Waals surface area contributed by atoms with Crippen molar-refractivity contribution in [3.8, 4) is 0 Å². The van der Waals surface area contributed by atoms with Crippen LogP contribution >= 0.6 is 0 Å². The van der Waals surface area contributed by atoms with E-state index in [1.54, 1.807) is 0 Å². The van der Waals surface area contributed by atoms with Gasteiger partial charge in [0.15, 0.2) is 0 Å².